The predicted molar refractivity (Wildman–Crippen MR) is 99.1 cm³/mol. The van der Waals surface area contributed by atoms with Crippen LogP contribution in [0.3, 0.4) is 0 Å². The predicted octanol–water partition coefficient (Wildman–Crippen LogP) is 4.35. The van der Waals surface area contributed by atoms with Gasteiger partial charge < -0.3 is 10.3 Å². The molecule has 1 aliphatic carbocycles. The number of nitrogens with one attached hydrogen (secondary N) is 2. The van der Waals surface area contributed by atoms with Gasteiger partial charge in [0.1, 0.15) is 0 Å². The Balaban J connectivity index is 1.60. The van der Waals surface area contributed by atoms with Crippen LogP contribution in [0.2, 0.25) is 0 Å². The maximum Gasteiger partial charge on any atom is 0.221 e. The molecule has 1 saturated carbocycles. The number of carbonyl (C=O) groups is 1. The Morgan fingerprint density at radius 3 is 2.72 bits per heavy atom. The number of benzene rings is 2. The van der Waals surface area contributed by atoms with E-state index < -0.39 is 0 Å². The molecule has 0 aliphatic heterocycles. The smallest absolute Gasteiger partial charge is 0.221 e. The number of H-pyrrole nitrogens is 1. The normalized spacial score (nSPS) is 16.2. The summed E-state index contributed by atoms with van der Waals surface area (Å²) in [4.78, 5) is 20.1. The summed E-state index contributed by atoms with van der Waals surface area (Å²) in [6.07, 6.45) is 7.22. The maximum atomic E-state index is 12.6. The first-order valence-corrected chi connectivity index (χ1v) is 9.07. The minimum absolute atomic E-state index is 0.136. The molecule has 1 atom stereocenters. The zero-order chi connectivity index (χ0) is 17.1. The van der Waals surface area contributed by atoms with Crippen molar-refractivity contribution in [2.75, 3.05) is 0 Å². The molecule has 0 bridgehead atoms. The summed E-state index contributed by atoms with van der Waals surface area (Å²) in [5.41, 5.74) is 4.10. The number of imidazole rings is 1. The van der Waals surface area contributed by atoms with E-state index in [0.717, 1.165) is 22.2 Å². The van der Waals surface area contributed by atoms with Crippen molar-refractivity contribution in [3.05, 3.63) is 66.0 Å². The average molecular weight is 333 g/mol. The molecule has 3 aromatic rings. The van der Waals surface area contributed by atoms with Crippen LogP contribution in [0.1, 0.15) is 49.3 Å². The highest BCUT2D eigenvalue weighted by molar-refractivity contribution is 5.79. The van der Waals surface area contributed by atoms with Gasteiger partial charge >= 0.3 is 0 Å². The number of fused-ring (bicyclic) bond motifs is 1. The first kappa shape index (κ1) is 15.9. The number of hydrogen-bond acceptors (Lipinski definition) is 2. The lowest BCUT2D eigenvalue weighted by Crippen LogP contribution is -2.30. The van der Waals surface area contributed by atoms with Gasteiger partial charge in [0.2, 0.25) is 5.91 Å². The van der Waals surface area contributed by atoms with E-state index in [0.29, 0.717) is 12.3 Å². The Labute approximate surface area is 147 Å². The van der Waals surface area contributed by atoms with Crippen molar-refractivity contribution < 1.29 is 4.79 Å². The van der Waals surface area contributed by atoms with Crippen LogP contribution >= 0.6 is 0 Å². The average Bonchev–Trinajstić information content (AvgIpc) is 3.31. The Kier molecular flexibility index (Phi) is 4.51. The fourth-order valence-corrected chi connectivity index (χ4v) is 3.83. The summed E-state index contributed by atoms with van der Waals surface area (Å²) in [5.74, 6) is 0.692. The van der Waals surface area contributed by atoms with Gasteiger partial charge in [0.05, 0.1) is 23.4 Å². The van der Waals surface area contributed by atoms with Gasteiger partial charge in [-0.25, -0.2) is 4.98 Å². The zero-order valence-electron chi connectivity index (χ0n) is 14.2. The molecule has 0 saturated heterocycles. The van der Waals surface area contributed by atoms with Crippen molar-refractivity contribution in [3.63, 3.8) is 0 Å². The second-order valence-electron chi connectivity index (χ2n) is 6.94. The second kappa shape index (κ2) is 7.09. The van der Waals surface area contributed by atoms with Crippen LogP contribution in [0.25, 0.3) is 11.0 Å². The van der Waals surface area contributed by atoms with E-state index in [2.05, 4.69) is 39.6 Å². The van der Waals surface area contributed by atoms with E-state index in [-0.39, 0.29) is 11.9 Å². The van der Waals surface area contributed by atoms with Crippen LogP contribution in [0, 0.1) is 5.92 Å². The number of hydrogen-bond donors (Lipinski definition) is 2. The van der Waals surface area contributed by atoms with Crippen LogP contribution in [0.4, 0.5) is 0 Å². The van der Waals surface area contributed by atoms with Crippen molar-refractivity contribution in [2.45, 2.75) is 38.1 Å². The molecule has 128 valence electrons. The molecule has 0 spiro atoms. The van der Waals surface area contributed by atoms with Gasteiger partial charge in [0, 0.05) is 6.42 Å². The van der Waals surface area contributed by atoms with Gasteiger partial charge in [0.25, 0.3) is 0 Å². The molecule has 2 aromatic carbocycles. The third-order valence-corrected chi connectivity index (χ3v) is 5.16. The van der Waals surface area contributed by atoms with E-state index in [9.17, 15) is 4.79 Å². The summed E-state index contributed by atoms with van der Waals surface area (Å²) in [6, 6.07) is 16.2. The lowest BCUT2D eigenvalue weighted by atomic mass is 9.97. The third kappa shape index (κ3) is 3.58. The number of carbonyl (C=O) groups excluding carboxylic acids is 1. The molecule has 0 unspecified atom stereocenters. The molecule has 0 radical (unpaired) electrons. The fraction of sp³-hybridized carbons (Fsp3) is 0.333. The zero-order valence-corrected chi connectivity index (χ0v) is 14.2. The highest BCUT2D eigenvalue weighted by Gasteiger charge is 2.22. The molecule has 4 nitrogen and oxygen atoms in total. The van der Waals surface area contributed by atoms with Crippen molar-refractivity contribution in [1.29, 1.82) is 0 Å². The molecular formula is C21H23N3O. The van der Waals surface area contributed by atoms with E-state index in [1.54, 1.807) is 6.33 Å². The summed E-state index contributed by atoms with van der Waals surface area (Å²) in [6.45, 7) is 0. The minimum atomic E-state index is -0.136. The van der Waals surface area contributed by atoms with Gasteiger partial charge in [-0.1, -0.05) is 49.2 Å². The van der Waals surface area contributed by atoms with E-state index in [4.69, 9.17) is 0 Å². The molecule has 1 heterocycles. The van der Waals surface area contributed by atoms with Gasteiger partial charge in [-0.2, -0.15) is 0 Å². The lowest BCUT2D eigenvalue weighted by molar-refractivity contribution is -0.122. The Hall–Kier alpha value is -2.62. The van der Waals surface area contributed by atoms with Gasteiger partial charge in [-0.15, -0.1) is 0 Å². The maximum absolute atomic E-state index is 12.6. The van der Waals surface area contributed by atoms with Crippen molar-refractivity contribution >= 4 is 16.9 Å². The first-order valence-electron chi connectivity index (χ1n) is 9.07. The first-order chi connectivity index (χ1) is 12.3. The number of amides is 1. The fourth-order valence-electron chi connectivity index (χ4n) is 3.83. The Morgan fingerprint density at radius 1 is 1.12 bits per heavy atom. The molecule has 4 rings (SSSR count). The van der Waals surface area contributed by atoms with Crippen LogP contribution in [-0.4, -0.2) is 15.9 Å². The summed E-state index contributed by atoms with van der Waals surface area (Å²) >= 11 is 0. The largest absolute Gasteiger partial charge is 0.345 e. The number of aromatic nitrogens is 2. The SMILES string of the molecule is O=C(CC1CCCC1)N[C@H](c1ccccc1)c1ccc2nc[nH]c2c1. The standard InChI is InChI=1S/C21H23N3O/c25-20(12-15-6-4-5-7-15)24-21(16-8-2-1-3-9-16)17-10-11-18-19(13-17)23-14-22-18/h1-3,8-11,13-15,21H,4-7,12H2,(H,22,23)(H,24,25)/t21-/m1/s1. The summed E-state index contributed by atoms with van der Waals surface area (Å²) < 4.78 is 0. The third-order valence-electron chi connectivity index (χ3n) is 5.16. The van der Waals surface area contributed by atoms with Crippen molar-refractivity contribution in [1.82, 2.24) is 15.3 Å². The molecule has 1 fully saturated rings. The number of aromatic amines is 1. The molecule has 1 aromatic heterocycles. The van der Waals surface area contributed by atoms with Crippen molar-refractivity contribution in [3.8, 4) is 0 Å². The number of rotatable bonds is 5. The van der Waals surface area contributed by atoms with Crippen molar-refractivity contribution in [2.24, 2.45) is 5.92 Å². The Bertz CT molecular complexity index is 850. The summed E-state index contributed by atoms with van der Waals surface area (Å²) in [7, 11) is 0. The van der Waals surface area contributed by atoms with Crippen LogP contribution in [0.5, 0.6) is 0 Å². The monoisotopic (exact) mass is 333 g/mol. The summed E-state index contributed by atoms with van der Waals surface area (Å²) in [5, 5.41) is 3.26. The van der Waals surface area contributed by atoms with E-state index in [1.165, 1.54) is 25.7 Å². The molecule has 2 N–H and O–H groups in total. The second-order valence-corrected chi connectivity index (χ2v) is 6.94. The van der Waals surface area contributed by atoms with E-state index >= 15 is 0 Å². The topological polar surface area (TPSA) is 57.8 Å². The van der Waals surface area contributed by atoms with Gasteiger partial charge in [-0.05, 0) is 42.0 Å². The van der Waals surface area contributed by atoms with E-state index in [1.807, 2.05) is 24.3 Å². The molecule has 1 amide bonds. The molecule has 25 heavy (non-hydrogen) atoms. The quantitative estimate of drug-likeness (QED) is 0.729. The molecule has 1 aliphatic rings. The van der Waals surface area contributed by atoms with Crippen LogP contribution in [-0.2, 0) is 4.79 Å². The van der Waals surface area contributed by atoms with Crippen LogP contribution < -0.4 is 5.32 Å². The van der Waals surface area contributed by atoms with Gasteiger partial charge in [0.15, 0.2) is 0 Å². The van der Waals surface area contributed by atoms with Gasteiger partial charge in [-0.3, -0.25) is 4.79 Å². The Morgan fingerprint density at radius 2 is 1.92 bits per heavy atom. The molecular weight excluding hydrogens is 310 g/mol. The highest BCUT2D eigenvalue weighted by atomic mass is 16.1. The molecule has 4 heteroatoms. The van der Waals surface area contributed by atoms with Crippen LogP contribution in [0.15, 0.2) is 54.9 Å². The lowest BCUT2D eigenvalue weighted by Gasteiger charge is -2.21. The minimum Gasteiger partial charge on any atom is -0.345 e. The highest BCUT2D eigenvalue weighted by Crippen LogP contribution is 2.29. The number of nitrogens with zero attached hydrogens (tertiary/aromatic N) is 1.